The molecule has 0 saturated heterocycles. The smallest absolute Gasteiger partial charge is 0.327 e. The third kappa shape index (κ3) is 2.84. The summed E-state index contributed by atoms with van der Waals surface area (Å²) in [7, 11) is 1.45. The normalized spacial score (nSPS) is 10.8. The fourth-order valence-corrected chi connectivity index (χ4v) is 2.48. The lowest BCUT2D eigenvalue weighted by atomic mass is 10.0. The molecule has 2 heterocycles. The molecule has 128 valence electrons. The van der Waals surface area contributed by atoms with Crippen LogP contribution >= 0.6 is 0 Å². The van der Waals surface area contributed by atoms with Gasteiger partial charge in [-0.1, -0.05) is 0 Å². The van der Waals surface area contributed by atoms with Crippen LogP contribution in [0.1, 0.15) is 17.3 Å². The molecule has 25 heavy (non-hydrogen) atoms. The van der Waals surface area contributed by atoms with Crippen LogP contribution in [0.2, 0.25) is 0 Å². The van der Waals surface area contributed by atoms with Crippen molar-refractivity contribution in [1.29, 1.82) is 0 Å². The van der Waals surface area contributed by atoms with Crippen LogP contribution in [0, 0.1) is 0 Å². The van der Waals surface area contributed by atoms with Gasteiger partial charge in [-0.2, -0.15) is 4.80 Å². The number of carboxylic acids is 1. The van der Waals surface area contributed by atoms with Crippen LogP contribution in [0.4, 0.5) is 0 Å². The summed E-state index contributed by atoms with van der Waals surface area (Å²) < 4.78 is 5.28. The van der Waals surface area contributed by atoms with Crippen molar-refractivity contribution in [3.05, 3.63) is 23.9 Å². The van der Waals surface area contributed by atoms with Gasteiger partial charge >= 0.3 is 5.97 Å². The van der Waals surface area contributed by atoms with Gasteiger partial charge in [0.1, 0.15) is 5.75 Å². The molecule has 3 aromatic rings. The fraction of sp³-hybridized carbons (Fsp3) is 0.200. The number of carbonyl (C=O) groups is 3. The molecular weight excluding hydrogens is 330 g/mol. The van der Waals surface area contributed by atoms with Crippen LogP contribution in [-0.4, -0.2) is 54.9 Å². The predicted molar refractivity (Wildman–Crippen MR) is 84.3 cm³/mol. The van der Waals surface area contributed by atoms with Crippen molar-refractivity contribution in [3.63, 3.8) is 0 Å². The zero-order chi connectivity index (χ0) is 18.1. The highest BCUT2D eigenvalue weighted by atomic mass is 16.5. The Bertz CT molecular complexity index is 1000. The number of nitrogens with one attached hydrogen (secondary N) is 1. The molecule has 0 spiro atoms. The van der Waals surface area contributed by atoms with Crippen LogP contribution in [0.15, 0.2) is 18.3 Å². The zero-order valence-corrected chi connectivity index (χ0v) is 13.3. The molecule has 0 saturated carbocycles. The predicted octanol–water partition coefficient (Wildman–Crippen LogP) is 0.686. The molecule has 0 atom stereocenters. The number of ether oxygens (including phenoxy) is 1. The number of hydrogen-bond donors (Lipinski definition) is 2. The molecule has 0 aliphatic carbocycles. The first-order valence-corrected chi connectivity index (χ1v) is 7.15. The summed E-state index contributed by atoms with van der Waals surface area (Å²) in [6.45, 7) is 0.766. The highest BCUT2D eigenvalue weighted by Crippen LogP contribution is 2.35. The number of benzene rings is 1. The fourth-order valence-electron chi connectivity index (χ4n) is 2.48. The Morgan fingerprint density at radius 3 is 2.72 bits per heavy atom. The van der Waals surface area contributed by atoms with Crippen molar-refractivity contribution in [2.24, 2.45) is 0 Å². The minimum atomic E-state index is -1.10. The summed E-state index contributed by atoms with van der Waals surface area (Å²) >= 11 is 0. The lowest BCUT2D eigenvalue weighted by Gasteiger charge is -2.06. The number of aliphatic carboxylic acids is 1. The Morgan fingerprint density at radius 2 is 2.08 bits per heavy atom. The summed E-state index contributed by atoms with van der Waals surface area (Å²) in [6, 6.07) is 3.27. The van der Waals surface area contributed by atoms with E-state index in [1.54, 1.807) is 12.1 Å². The number of tetrazole rings is 1. The summed E-state index contributed by atoms with van der Waals surface area (Å²) in [5.74, 6) is -1.76. The van der Waals surface area contributed by atoms with Gasteiger partial charge in [0.25, 0.3) is 0 Å². The second kappa shape index (κ2) is 6.15. The number of carbonyl (C=O) groups excluding carboxylic acids is 2. The molecule has 10 nitrogen and oxygen atoms in total. The van der Waals surface area contributed by atoms with Crippen LogP contribution in [-0.2, 0) is 16.1 Å². The van der Waals surface area contributed by atoms with Crippen molar-refractivity contribution in [2.75, 3.05) is 7.11 Å². The Labute approximate surface area is 140 Å². The number of rotatable bonds is 6. The molecule has 0 fully saturated rings. The van der Waals surface area contributed by atoms with Gasteiger partial charge in [-0.15, -0.1) is 10.2 Å². The van der Waals surface area contributed by atoms with Gasteiger partial charge in [0.2, 0.25) is 11.6 Å². The van der Waals surface area contributed by atoms with E-state index in [1.807, 2.05) is 0 Å². The summed E-state index contributed by atoms with van der Waals surface area (Å²) in [4.78, 5) is 38.2. The van der Waals surface area contributed by atoms with E-state index in [1.165, 1.54) is 20.2 Å². The van der Waals surface area contributed by atoms with Gasteiger partial charge in [0.05, 0.1) is 23.6 Å². The summed E-state index contributed by atoms with van der Waals surface area (Å²) in [6.07, 6.45) is 1.42. The van der Waals surface area contributed by atoms with Crippen LogP contribution in [0.25, 0.3) is 22.3 Å². The van der Waals surface area contributed by atoms with Crippen LogP contribution < -0.4 is 4.74 Å². The van der Waals surface area contributed by atoms with Gasteiger partial charge in [0.15, 0.2) is 12.3 Å². The van der Waals surface area contributed by atoms with E-state index in [0.29, 0.717) is 22.2 Å². The summed E-state index contributed by atoms with van der Waals surface area (Å²) in [5.41, 5.74) is 1.16. The van der Waals surface area contributed by atoms with Gasteiger partial charge in [0, 0.05) is 18.7 Å². The molecule has 3 rings (SSSR count). The number of ketones is 2. The minimum absolute atomic E-state index is 0.178. The van der Waals surface area contributed by atoms with E-state index in [4.69, 9.17) is 9.84 Å². The second-order valence-corrected chi connectivity index (χ2v) is 5.19. The van der Waals surface area contributed by atoms with Gasteiger partial charge in [-0.3, -0.25) is 14.4 Å². The van der Waals surface area contributed by atoms with Crippen molar-refractivity contribution in [3.8, 4) is 17.1 Å². The SMILES string of the molecule is COc1ccc(-c2nnn(CC(=O)O)n2)c2[nH]cc(C(=O)C(C)=O)c12. The maximum absolute atomic E-state index is 12.1. The number of fused-ring (bicyclic) bond motifs is 1. The minimum Gasteiger partial charge on any atom is -0.496 e. The molecule has 1 aromatic carbocycles. The Balaban J connectivity index is 2.18. The van der Waals surface area contributed by atoms with Gasteiger partial charge < -0.3 is 14.8 Å². The van der Waals surface area contributed by atoms with E-state index in [9.17, 15) is 14.4 Å². The van der Waals surface area contributed by atoms with Crippen molar-refractivity contribution in [1.82, 2.24) is 25.2 Å². The van der Waals surface area contributed by atoms with Crippen molar-refractivity contribution < 1.29 is 24.2 Å². The Hall–Kier alpha value is -3.56. The molecule has 0 bridgehead atoms. The molecule has 0 amide bonds. The number of aromatic amines is 1. The number of hydrogen-bond acceptors (Lipinski definition) is 7. The lowest BCUT2D eigenvalue weighted by molar-refractivity contribution is -0.138. The first kappa shape index (κ1) is 16.3. The Kier molecular flexibility index (Phi) is 4.01. The first-order valence-electron chi connectivity index (χ1n) is 7.15. The van der Waals surface area contributed by atoms with Crippen molar-refractivity contribution >= 4 is 28.4 Å². The average molecular weight is 343 g/mol. The van der Waals surface area contributed by atoms with E-state index < -0.39 is 24.1 Å². The van der Waals surface area contributed by atoms with Crippen molar-refractivity contribution in [2.45, 2.75) is 13.5 Å². The quantitative estimate of drug-likeness (QED) is 0.492. The second-order valence-electron chi connectivity index (χ2n) is 5.19. The zero-order valence-electron chi connectivity index (χ0n) is 13.3. The average Bonchev–Trinajstić information content (AvgIpc) is 3.19. The molecule has 0 radical (unpaired) electrons. The Morgan fingerprint density at radius 1 is 1.32 bits per heavy atom. The van der Waals surface area contributed by atoms with E-state index in [2.05, 4.69) is 20.4 Å². The number of H-pyrrole nitrogens is 1. The molecule has 2 N–H and O–H groups in total. The first-order chi connectivity index (χ1) is 11.9. The van der Waals surface area contributed by atoms with Crippen LogP contribution in [0.3, 0.4) is 0 Å². The number of carboxylic acid groups (broad SMARTS) is 1. The highest BCUT2D eigenvalue weighted by Gasteiger charge is 2.22. The highest BCUT2D eigenvalue weighted by molar-refractivity contribution is 6.45. The van der Waals surface area contributed by atoms with Crippen LogP contribution in [0.5, 0.6) is 5.75 Å². The largest absolute Gasteiger partial charge is 0.496 e. The molecule has 0 aliphatic heterocycles. The third-order valence-electron chi connectivity index (χ3n) is 3.55. The number of methoxy groups -OCH3 is 1. The third-order valence-corrected chi connectivity index (χ3v) is 3.55. The van der Waals surface area contributed by atoms with E-state index >= 15 is 0 Å². The molecular formula is C15H13N5O5. The topological polar surface area (TPSA) is 140 Å². The maximum atomic E-state index is 12.1. The van der Waals surface area contributed by atoms with E-state index in [-0.39, 0.29) is 11.4 Å². The maximum Gasteiger partial charge on any atom is 0.327 e. The summed E-state index contributed by atoms with van der Waals surface area (Å²) in [5, 5.41) is 20.7. The van der Waals surface area contributed by atoms with E-state index in [0.717, 1.165) is 4.80 Å². The monoisotopic (exact) mass is 343 g/mol. The van der Waals surface area contributed by atoms with Gasteiger partial charge in [-0.25, -0.2) is 0 Å². The number of aromatic nitrogens is 5. The molecule has 2 aromatic heterocycles. The standard InChI is InChI=1S/C15H13N5O5/c1-7(21)14(24)9-5-16-13-8(3-4-10(25-2)12(9)13)15-17-19-20(18-15)6-11(22)23/h3-5,16H,6H2,1-2H3,(H,22,23). The molecule has 0 unspecified atom stereocenters. The van der Waals surface area contributed by atoms with Gasteiger partial charge in [-0.05, 0) is 17.3 Å². The number of Topliss-reactive ketones (excluding diaryl/α,β-unsaturated/α-hetero) is 2. The molecule has 0 aliphatic rings. The molecule has 10 heteroatoms. The number of nitrogens with zero attached hydrogens (tertiary/aromatic N) is 4. The lowest BCUT2D eigenvalue weighted by Crippen LogP contribution is -2.11.